The molecule has 0 aliphatic carbocycles. The van der Waals surface area contributed by atoms with Crippen molar-refractivity contribution in [1.29, 1.82) is 0 Å². The van der Waals surface area contributed by atoms with E-state index in [1.165, 1.54) is 6.20 Å². The van der Waals surface area contributed by atoms with Crippen molar-refractivity contribution in [2.45, 2.75) is 13.0 Å². The van der Waals surface area contributed by atoms with Gasteiger partial charge in [-0.25, -0.2) is 4.98 Å². The Morgan fingerprint density at radius 2 is 2.64 bits per heavy atom. The van der Waals surface area contributed by atoms with Crippen LogP contribution in [0, 0.1) is 0 Å². The van der Waals surface area contributed by atoms with Gasteiger partial charge in [0, 0.05) is 12.4 Å². The highest BCUT2D eigenvalue weighted by atomic mass is 16.3. The van der Waals surface area contributed by atoms with E-state index in [0.717, 1.165) is 0 Å². The Bertz CT molecular complexity index is 244. The molecule has 1 rings (SSSR count). The molecule has 0 aliphatic heterocycles. The Morgan fingerprint density at radius 1 is 1.91 bits per heavy atom. The van der Waals surface area contributed by atoms with Crippen molar-refractivity contribution in [1.82, 2.24) is 9.55 Å². The number of aromatic nitrogens is 2. The summed E-state index contributed by atoms with van der Waals surface area (Å²) in [5.41, 5.74) is 0. The summed E-state index contributed by atoms with van der Waals surface area (Å²) in [7, 11) is 0. The summed E-state index contributed by atoms with van der Waals surface area (Å²) in [6.45, 7) is 1.83. The minimum Gasteiger partial charge on any atom is -0.394 e. The molecule has 1 atom stereocenters. The van der Waals surface area contributed by atoms with Crippen molar-refractivity contribution in [3.05, 3.63) is 18.2 Å². The Labute approximate surface area is 64.5 Å². The number of nitrogens with zero attached hydrogens (tertiary/aromatic N) is 2. The van der Waals surface area contributed by atoms with Gasteiger partial charge in [-0.2, -0.15) is 0 Å². The van der Waals surface area contributed by atoms with Crippen LogP contribution >= 0.6 is 0 Å². The van der Waals surface area contributed by atoms with Crippen LogP contribution in [0.25, 0.3) is 0 Å². The zero-order chi connectivity index (χ0) is 8.27. The van der Waals surface area contributed by atoms with Gasteiger partial charge in [0.2, 0.25) is 0 Å². The number of aliphatic hydroxyl groups is 1. The lowest BCUT2D eigenvalue weighted by atomic mass is 10.3. The molecule has 0 spiro atoms. The maximum Gasteiger partial charge on any atom is 0.185 e. The lowest BCUT2D eigenvalue weighted by Gasteiger charge is -2.09. The molecule has 0 fully saturated rings. The maximum absolute atomic E-state index is 10.3. The maximum atomic E-state index is 10.3. The largest absolute Gasteiger partial charge is 0.394 e. The molecule has 0 amide bonds. The van der Waals surface area contributed by atoms with Crippen LogP contribution in [-0.4, -0.2) is 27.6 Å². The molecule has 60 valence electrons. The molecule has 0 aliphatic rings. The number of carbonyl (C=O) groups is 1. The third-order valence-corrected chi connectivity index (χ3v) is 1.54. The number of imidazole rings is 1. The number of hydrogen-bond acceptors (Lipinski definition) is 3. The lowest BCUT2D eigenvalue weighted by Crippen LogP contribution is -2.11. The average molecular weight is 154 g/mol. The second-order valence-electron chi connectivity index (χ2n) is 2.34. The zero-order valence-corrected chi connectivity index (χ0v) is 6.27. The SMILES string of the molecule is CC(CO)n1ccnc1C=O. The van der Waals surface area contributed by atoms with Crippen LogP contribution in [-0.2, 0) is 0 Å². The van der Waals surface area contributed by atoms with Gasteiger partial charge in [0.25, 0.3) is 0 Å². The molecule has 0 aromatic carbocycles. The standard InChI is InChI=1S/C7H10N2O2/c1-6(4-10)9-3-2-8-7(9)5-11/h2-3,5-6,10H,4H2,1H3. The Hall–Kier alpha value is -1.16. The molecule has 0 bridgehead atoms. The number of rotatable bonds is 3. The first kappa shape index (κ1) is 7.94. The third kappa shape index (κ3) is 1.46. The highest BCUT2D eigenvalue weighted by molar-refractivity contribution is 5.69. The number of aliphatic hydroxyl groups excluding tert-OH is 1. The molecule has 0 radical (unpaired) electrons. The fraction of sp³-hybridized carbons (Fsp3) is 0.429. The van der Waals surface area contributed by atoms with Crippen LogP contribution in [0.1, 0.15) is 23.6 Å². The predicted molar refractivity (Wildman–Crippen MR) is 39.4 cm³/mol. The molecule has 1 N–H and O–H groups in total. The minimum atomic E-state index is -0.0855. The van der Waals surface area contributed by atoms with Crippen LogP contribution in [0.5, 0.6) is 0 Å². The van der Waals surface area contributed by atoms with E-state index in [1.54, 1.807) is 10.8 Å². The Balaban J connectivity index is 2.92. The Kier molecular flexibility index (Phi) is 2.38. The quantitative estimate of drug-likeness (QED) is 0.635. The van der Waals surface area contributed by atoms with E-state index in [0.29, 0.717) is 12.1 Å². The molecule has 0 saturated carbocycles. The first-order chi connectivity index (χ1) is 5.29. The van der Waals surface area contributed by atoms with E-state index >= 15 is 0 Å². The van der Waals surface area contributed by atoms with E-state index in [1.807, 2.05) is 6.92 Å². The van der Waals surface area contributed by atoms with E-state index in [4.69, 9.17) is 5.11 Å². The molecule has 1 unspecified atom stereocenters. The molecule has 4 nitrogen and oxygen atoms in total. The van der Waals surface area contributed by atoms with Gasteiger partial charge in [0.15, 0.2) is 12.1 Å². The zero-order valence-electron chi connectivity index (χ0n) is 6.27. The second-order valence-corrected chi connectivity index (χ2v) is 2.34. The van der Waals surface area contributed by atoms with Crippen LogP contribution in [0.3, 0.4) is 0 Å². The molecule has 1 heterocycles. The van der Waals surface area contributed by atoms with Crippen LogP contribution < -0.4 is 0 Å². The topological polar surface area (TPSA) is 55.1 Å². The van der Waals surface area contributed by atoms with E-state index in [9.17, 15) is 4.79 Å². The average Bonchev–Trinajstić information content (AvgIpc) is 2.50. The normalized spacial score (nSPS) is 12.9. The highest BCUT2D eigenvalue weighted by Gasteiger charge is 2.06. The van der Waals surface area contributed by atoms with Crippen LogP contribution in [0.15, 0.2) is 12.4 Å². The van der Waals surface area contributed by atoms with Crippen molar-refractivity contribution < 1.29 is 9.90 Å². The lowest BCUT2D eigenvalue weighted by molar-refractivity contribution is 0.110. The van der Waals surface area contributed by atoms with Gasteiger partial charge in [0.1, 0.15) is 0 Å². The molecule has 1 aromatic rings. The minimum absolute atomic E-state index is 0.0111. The van der Waals surface area contributed by atoms with Crippen molar-refractivity contribution in [3.8, 4) is 0 Å². The van der Waals surface area contributed by atoms with E-state index < -0.39 is 0 Å². The first-order valence-electron chi connectivity index (χ1n) is 3.38. The van der Waals surface area contributed by atoms with Gasteiger partial charge in [0.05, 0.1) is 12.6 Å². The number of aldehydes is 1. The molecule has 4 heteroatoms. The van der Waals surface area contributed by atoms with Crippen molar-refractivity contribution in [3.63, 3.8) is 0 Å². The van der Waals surface area contributed by atoms with Crippen molar-refractivity contribution >= 4 is 6.29 Å². The summed E-state index contributed by atoms with van der Waals surface area (Å²) in [4.78, 5) is 14.1. The van der Waals surface area contributed by atoms with Gasteiger partial charge in [-0.05, 0) is 6.92 Å². The van der Waals surface area contributed by atoms with Gasteiger partial charge >= 0.3 is 0 Å². The highest BCUT2D eigenvalue weighted by Crippen LogP contribution is 2.05. The first-order valence-corrected chi connectivity index (χ1v) is 3.38. The summed E-state index contributed by atoms with van der Waals surface area (Å²) in [6, 6.07) is -0.0855. The molecule has 1 aromatic heterocycles. The fourth-order valence-electron chi connectivity index (χ4n) is 0.877. The molecular formula is C7H10N2O2. The van der Waals surface area contributed by atoms with Gasteiger partial charge in [-0.3, -0.25) is 4.79 Å². The smallest absolute Gasteiger partial charge is 0.185 e. The van der Waals surface area contributed by atoms with Gasteiger partial charge in [-0.1, -0.05) is 0 Å². The predicted octanol–water partition coefficient (Wildman–Crippen LogP) is 0.249. The summed E-state index contributed by atoms with van der Waals surface area (Å²) in [5.74, 6) is 0.353. The summed E-state index contributed by atoms with van der Waals surface area (Å²) in [6.07, 6.45) is 3.88. The van der Waals surface area contributed by atoms with Crippen LogP contribution in [0.2, 0.25) is 0 Å². The van der Waals surface area contributed by atoms with Gasteiger partial charge < -0.3 is 9.67 Å². The number of hydrogen-bond donors (Lipinski definition) is 1. The summed E-state index contributed by atoms with van der Waals surface area (Å²) < 4.78 is 1.63. The number of carbonyl (C=O) groups excluding carboxylic acids is 1. The van der Waals surface area contributed by atoms with Crippen molar-refractivity contribution in [2.24, 2.45) is 0 Å². The molecule has 0 saturated heterocycles. The molecular weight excluding hydrogens is 144 g/mol. The fourth-order valence-corrected chi connectivity index (χ4v) is 0.877. The van der Waals surface area contributed by atoms with Crippen molar-refractivity contribution in [2.75, 3.05) is 6.61 Å². The third-order valence-electron chi connectivity index (χ3n) is 1.54. The van der Waals surface area contributed by atoms with Crippen LogP contribution in [0.4, 0.5) is 0 Å². The van der Waals surface area contributed by atoms with Gasteiger partial charge in [-0.15, -0.1) is 0 Å². The second kappa shape index (κ2) is 3.30. The summed E-state index contributed by atoms with van der Waals surface area (Å²) >= 11 is 0. The summed E-state index contributed by atoms with van der Waals surface area (Å²) in [5, 5.41) is 8.76. The monoisotopic (exact) mass is 154 g/mol. The molecule has 11 heavy (non-hydrogen) atoms. The van der Waals surface area contributed by atoms with E-state index in [-0.39, 0.29) is 12.6 Å². The Morgan fingerprint density at radius 3 is 3.18 bits per heavy atom. The van der Waals surface area contributed by atoms with E-state index in [2.05, 4.69) is 4.98 Å².